The molecule has 0 unspecified atom stereocenters. The Kier molecular flexibility index (Phi) is 7.83. The molecule has 9 nitrogen and oxygen atoms in total. The Labute approximate surface area is 226 Å². The van der Waals surface area contributed by atoms with Crippen LogP contribution in [0.3, 0.4) is 0 Å². The number of rotatable bonds is 8. The number of aromatic nitrogens is 4. The summed E-state index contributed by atoms with van der Waals surface area (Å²) in [4.78, 5) is 18.6. The number of hydrogen-bond donors (Lipinski definition) is 0. The molecule has 2 aromatic heterocycles. The smallest absolute Gasteiger partial charge is 0.329 e. The molecule has 0 spiro atoms. The van der Waals surface area contributed by atoms with Crippen molar-refractivity contribution in [1.82, 2.24) is 24.5 Å². The molecule has 3 aromatic rings. The Balaban J connectivity index is 1.13. The second-order valence-corrected chi connectivity index (χ2v) is 11.2. The van der Waals surface area contributed by atoms with Crippen molar-refractivity contribution in [2.24, 2.45) is 5.92 Å². The Hall–Kier alpha value is -3.20. The summed E-state index contributed by atoms with van der Waals surface area (Å²) in [7, 11) is 1.87. The summed E-state index contributed by atoms with van der Waals surface area (Å²) in [5, 5.41) is 9.63. The lowest BCUT2D eigenvalue weighted by atomic mass is 9.89. The molecule has 2 saturated heterocycles. The average Bonchev–Trinajstić information content (AvgIpc) is 3.23. The Morgan fingerprint density at radius 3 is 2.50 bits per heavy atom. The number of aryl methyl sites for hydroxylation is 1. The fourth-order valence-corrected chi connectivity index (χ4v) is 5.68. The number of amides is 1. The lowest BCUT2D eigenvalue weighted by Crippen LogP contribution is -2.55. The van der Waals surface area contributed by atoms with E-state index < -0.39 is 0 Å². The normalized spacial score (nSPS) is 19.6. The molecule has 1 aromatic carbocycles. The fourth-order valence-electron chi connectivity index (χ4n) is 5.68. The Bertz CT molecular complexity index is 1250. The quantitative estimate of drug-likeness (QED) is 0.426. The predicted molar refractivity (Wildman–Crippen MR) is 148 cm³/mol. The molecule has 5 rings (SSSR count). The van der Waals surface area contributed by atoms with Crippen molar-refractivity contribution >= 4 is 17.4 Å². The Morgan fingerprint density at radius 2 is 1.79 bits per heavy atom. The molecule has 1 amide bonds. The molecule has 2 aliphatic rings. The first-order valence-corrected chi connectivity index (χ1v) is 14.0. The van der Waals surface area contributed by atoms with Crippen molar-refractivity contribution in [2.75, 3.05) is 51.3 Å². The van der Waals surface area contributed by atoms with Crippen molar-refractivity contribution in [3.05, 3.63) is 47.8 Å². The SMILES string of the molecule is Cc1n[n+](CC(C)C)c2ccc(N3CCC(c4ccc(OCCN5CCN(C)C(=O)[C@@H]5C)cc4)CC3)nn12. The van der Waals surface area contributed by atoms with Crippen molar-refractivity contribution < 1.29 is 14.2 Å². The van der Waals surface area contributed by atoms with Crippen LogP contribution in [-0.2, 0) is 11.3 Å². The van der Waals surface area contributed by atoms with Gasteiger partial charge in [-0.1, -0.05) is 35.6 Å². The van der Waals surface area contributed by atoms with E-state index in [2.05, 4.69) is 64.7 Å². The van der Waals surface area contributed by atoms with Gasteiger partial charge in [-0.2, -0.15) is 0 Å². The highest BCUT2D eigenvalue weighted by atomic mass is 16.5. The van der Waals surface area contributed by atoms with Crippen LogP contribution >= 0.6 is 0 Å². The van der Waals surface area contributed by atoms with Gasteiger partial charge in [0.1, 0.15) is 18.9 Å². The van der Waals surface area contributed by atoms with E-state index in [1.54, 1.807) is 0 Å². The summed E-state index contributed by atoms with van der Waals surface area (Å²) in [6.45, 7) is 14.3. The van der Waals surface area contributed by atoms with Crippen LogP contribution in [0.2, 0.25) is 0 Å². The van der Waals surface area contributed by atoms with Gasteiger partial charge in [-0.3, -0.25) is 9.69 Å². The molecule has 2 fully saturated rings. The van der Waals surface area contributed by atoms with Gasteiger partial charge in [0, 0.05) is 52.8 Å². The van der Waals surface area contributed by atoms with E-state index in [-0.39, 0.29) is 11.9 Å². The number of carbonyl (C=O) groups is 1. The lowest BCUT2D eigenvalue weighted by Gasteiger charge is -2.37. The molecule has 0 N–H and O–H groups in total. The van der Waals surface area contributed by atoms with E-state index in [4.69, 9.17) is 14.9 Å². The molecule has 1 atom stereocenters. The van der Waals surface area contributed by atoms with E-state index in [1.807, 2.05) is 30.3 Å². The monoisotopic (exact) mass is 520 g/mol. The molecule has 38 heavy (non-hydrogen) atoms. The summed E-state index contributed by atoms with van der Waals surface area (Å²) in [6, 6.07) is 12.8. The molecule has 0 bridgehead atoms. The maximum absolute atomic E-state index is 12.2. The highest BCUT2D eigenvalue weighted by Crippen LogP contribution is 2.31. The van der Waals surface area contributed by atoms with Gasteiger partial charge in [0.2, 0.25) is 5.91 Å². The standard InChI is InChI=1S/C29H42N7O2/c1-21(2)20-35-28-11-10-27(31-36(28)23(4)30-35)34-14-12-25(13-15-34)24-6-8-26(9-7-24)38-19-18-33-17-16-32(5)29(37)22(33)3/h6-11,21-22,25H,12-20H2,1-5H3/q+1/t22-/m0/s1. The zero-order valence-corrected chi connectivity index (χ0v) is 23.5. The second-order valence-electron chi connectivity index (χ2n) is 11.2. The van der Waals surface area contributed by atoms with E-state index in [1.165, 1.54) is 5.56 Å². The molecule has 0 radical (unpaired) electrons. The van der Waals surface area contributed by atoms with Crippen LogP contribution < -0.4 is 14.3 Å². The number of hydrogen-bond acceptors (Lipinski definition) is 6. The van der Waals surface area contributed by atoms with Crippen LogP contribution in [-0.4, -0.2) is 82.8 Å². The molecule has 0 aliphatic carbocycles. The van der Waals surface area contributed by atoms with Crippen molar-refractivity contribution in [1.29, 1.82) is 0 Å². The molecular formula is C29H42N7O2+. The Morgan fingerprint density at radius 1 is 1.05 bits per heavy atom. The van der Waals surface area contributed by atoms with E-state index in [0.717, 1.165) is 75.1 Å². The first kappa shape index (κ1) is 26.4. The fraction of sp³-hybridized carbons (Fsp3) is 0.586. The predicted octanol–water partition coefficient (Wildman–Crippen LogP) is 2.91. The van der Waals surface area contributed by atoms with E-state index in [9.17, 15) is 4.79 Å². The number of anilines is 1. The van der Waals surface area contributed by atoms with Gasteiger partial charge in [-0.05, 0) is 60.5 Å². The van der Waals surface area contributed by atoms with Gasteiger partial charge in [0.25, 0.3) is 5.82 Å². The molecule has 2 aliphatic heterocycles. The largest absolute Gasteiger partial charge is 0.492 e. The average molecular weight is 521 g/mol. The molecule has 9 heteroatoms. The second kappa shape index (κ2) is 11.3. The maximum Gasteiger partial charge on any atom is 0.329 e. The molecule has 204 valence electrons. The van der Waals surface area contributed by atoms with E-state index in [0.29, 0.717) is 18.4 Å². The molecule has 4 heterocycles. The summed E-state index contributed by atoms with van der Waals surface area (Å²) in [5.74, 6) is 4.11. The third kappa shape index (κ3) is 5.62. The highest BCUT2D eigenvalue weighted by molar-refractivity contribution is 5.81. The third-order valence-electron chi connectivity index (χ3n) is 8.00. The van der Waals surface area contributed by atoms with Crippen molar-refractivity contribution in [2.45, 2.75) is 59.0 Å². The third-order valence-corrected chi connectivity index (χ3v) is 8.00. The van der Waals surface area contributed by atoms with Gasteiger partial charge < -0.3 is 14.5 Å². The number of carbonyl (C=O) groups excluding carboxylic acids is 1. The number of piperidine rings is 1. The number of benzene rings is 1. The number of likely N-dealkylation sites (N-methyl/N-ethyl adjacent to an activating group) is 1. The van der Waals surface area contributed by atoms with Gasteiger partial charge >= 0.3 is 5.65 Å². The number of piperazine rings is 1. The number of nitrogens with zero attached hydrogens (tertiary/aromatic N) is 7. The minimum Gasteiger partial charge on any atom is -0.492 e. The molecule has 0 saturated carbocycles. The van der Waals surface area contributed by atoms with Crippen LogP contribution in [0.15, 0.2) is 36.4 Å². The molecular weight excluding hydrogens is 478 g/mol. The van der Waals surface area contributed by atoms with Crippen LogP contribution in [0.25, 0.3) is 5.65 Å². The zero-order valence-electron chi connectivity index (χ0n) is 23.5. The summed E-state index contributed by atoms with van der Waals surface area (Å²) in [5.41, 5.74) is 2.42. The van der Waals surface area contributed by atoms with Gasteiger partial charge in [0.05, 0.1) is 6.04 Å². The summed E-state index contributed by atoms with van der Waals surface area (Å²) >= 11 is 0. The zero-order chi connectivity index (χ0) is 26.8. The minimum absolute atomic E-state index is 0.0760. The van der Waals surface area contributed by atoms with Crippen LogP contribution in [0.5, 0.6) is 5.75 Å². The lowest BCUT2D eigenvalue weighted by molar-refractivity contribution is -0.733. The van der Waals surface area contributed by atoms with Gasteiger partial charge in [0.15, 0.2) is 5.82 Å². The van der Waals surface area contributed by atoms with Crippen molar-refractivity contribution in [3.63, 3.8) is 0 Å². The topological polar surface area (TPSA) is 70.1 Å². The number of ether oxygens (including phenoxy) is 1. The van der Waals surface area contributed by atoms with E-state index >= 15 is 0 Å². The first-order valence-electron chi connectivity index (χ1n) is 14.0. The van der Waals surface area contributed by atoms with Gasteiger partial charge in [-0.15, -0.1) is 4.68 Å². The minimum atomic E-state index is -0.0760. The number of fused-ring (bicyclic) bond motifs is 1. The summed E-state index contributed by atoms with van der Waals surface area (Å²) in [6.07, 6.45) is 2.21. The highest BCUT2D eigenvalue weighted by Gasteiger charge is 2.29. The summed E-state index contributed by atoms with van der Waals surface area (Å²) < 4.78 is 10.0. The first-order chi connectivity index (χ1) is 18.3. The maximum atomic E-state index is 12.2. The van der Waals surface area contributed by atoms with Crippen LogP contribution in [0.1, 0.15) is 50.9 Å². The van der Waals surface area contributed by atoms with Crippen LogP contribution in [0, 0.1) is 12.8 Å². The van der Waals surface area contributed by atoms with Crippen LogP contribution in [0.4, 0.5) is 5.82 Å². The van der Waals surface area contributed by atoms with Crippen molar-refractivity contribution in [3.8, 4) is 5.75 Å². The van der Waals surface area contributed by atoms with Gasteiger partial charge in [-0.25, -0.2) is 0 Å².